The Labute approximate surface area is 119 Å². The molecule has 0 fully saturated rings. The van der Waals surface area contributed by atoms with E-state index in [9.17, 15) is 9.59 Å². The number of hydrogen-bond acceptors (Lipinski definition) is 2. The Hall–Kier alpha value is -2.04. The van der Waals surface area contributed by atoms with Gasteiger partial charge in [0, 0.05) is 13.6 Å². The van der Waals surface area contributed by atoms with Gasteiger partial charge in [-0.15, -0.1) is 0 Å². The van der Waals surface area contributed by atoms with E-state index in [-0.39, 0.29) is 0 Å². The zero-order chi connectivity index (χ0) is 15.3. The van der Waals surface area contributed by atoms with Gasteiger partial charge in [-0.05, 0) is 31.4 Å². The molecule has 0 aliphatic rings. The second-order valence-electron chi connectivity index (χ2n) is 5.20. The van der Waals surface area contributed by atoms with Crippen LogP contribution >= 0.6 is 0 Å². The van der Waals surface area contributed by atoms with Crippen molar-refractivity contribution >= 4 is 12.0 Å². The van der Waals surface area contributed by atoms with E-state index in [0.29, 0.717) is 6.54 Å². The van der Waals surface area contributed by atoms with Crippen molar-refractivity contribution in [3.05, 3.63) is 35.4 Å². The van der Waals surface area contributed by atoms with Crippen LogP contribution in [-0.2, 0) is 17.8 Å². The van der Waals surface area contributed by atoms with E-state index in [4.69, 9.17) is 5.11 Å². The van der Waals surface area contributed by atoms with E-state index in [1.165, 1.54) is 31.4 Å². The maximum Gasteiger partial charge on any atom is 0.329 e. The summed E-state index contributed by atoms with van der Waals surface area (Å²) in [5, 5.41) is 11.9. The second-order valence-corrected chi connectivity index (χ2v) is 5.20. The minimum absolute atomic E-state index is 0.392. The second kappa shape index (κ2) is 6.41. The number of aryl methyl sites for hydroxylation is 1. The van der Waals surface area contributed by atoms with Crippen molar-refractivity contribution in [2.45, 2.75) is 39.3 Å². The molecule has 0 saturated heterocycles. The Balaban J connectivity index is 2.70. The van der Waals surface area contributed by atoms with Gasteiger partial charge in [-0.1, -0.05) is 31.2 Å². The molecule has 0 atom stereocenters. The Bertz CT molecular complexity index is 498. The van der Waals surface area contributed by atoms with E-state index in [1.54, 1.807) is 0 Å². The van der Waals surface area contributed by atoms with Crippen LogP contribution in [0.1, 0.15) is 31.9 Å². The summed E-state index contributed by atoms with van der Waals surface area (Å²) in [6.07, 6.45) is 0.891. The first kappa shape index (κ1) is 16.0. The normalized spacial score (nSPS) is 11.0. The standard InChI is InChI=1S/C15H22N2O3/c1-5-11-8-6-7-9-12(11)10-16-14(20)17(4)15(2,3)13(18)19/h6-9H,5,10H2,1-4H3,(H,16,20)(H,18,19). The number of benzene rings is 1. The van der Waals surface area contributed by atoms with Crippen molar-refractivity contribution in [2.75, 3.05) is 7.05 Å². The molecule has 0 radical (unpaired) electrons. The topological polar surface area (TPSA) is 69.6 Å². The minimum atomic E-state index is -1.24. The third-order valence-corrected chi connectivity index (χ3v) is 3.60. The number of carboxylic acid groups (broad SMARTS) is 1. The summed E-state index contributed by atoms with van der Waals surface area (Å²) < 4.78 is 0. The third-order valence-electron chi connectivity index (χ3n) is 3.60. The maximum absolute atomic E-state index is 12.0. The molecule has 1 aromatic rings. The molecule has 110 valence electrons. The van der Waals surface area contributed by atoms with Crippen molar-refractivity contribution in [3.8, 4) is 0 Å². The molecule has 0 unspecified atom stereocenters. The summed E-state index contributed by atoms with van der Waals surface area (Å²) in [5.74, 6) is -1.04. The number of carboxylic acids is 1. The molecular formula is C15H22N2O3. The number of hydrogen-bond donors (Lipinski definition) is 2. The predicted octanol–water partition coefficient (Wildman–Crippen LogP) is 2.25. The van der Waals surface area contributed by atoms with Crippen LogP contribution in [0.3, 0.4) is 0 Å². The Morgan fingerprint density at radius 1 is 1.25 bits per heavy atom. The zero-order valence-corrected chi connectivity index (χ0v) is 12.4. The first-order chi connectivity index (χ1) is 9.30. The first-order valence-corrected chi connectivity index (χ1v) is 6.62. The van der Waals surface area contributed by atoms with E-state index in [1.807, 2.05) is 24.3 Å². The van der Waals surface area contributed by atoms with Gasteiger partial charge in [0.15, 0.2) is 0 Å². The number of nitrogens with zero attached hydrogens (tertiary/aromatic N) is 1. The lowest BCUT2D eigenvalue weighted by molar-refractivity contribution is -0.146. The zero-order valence-electron chi connectivity index (χ0n) is 12.4. The van der Waals surface area contributed by atoms with Crippen LogP contribution in [0.2, 0.25) is 0 Å². The van der Waals surface area contributed by atoms with Gasteiger partial charge < -0.3 is 15.3 Å². The number of carbonyl (C=O) groups is 2. The van der Waals surface area contributed by atoms with Crippen LogP contribution < -0.4 is 5.32 Å². The van der Waals surface area contributed by atoms with Crippen LogP contribution in [0.5, 0.6) is 0 Å². The monoisotopic (exact) mass is 278 g/mol. The molecule has 1 rings (SSSR count). The fraction of sp³-hybridized carbons (Fsp3) is 0.467. The first-order valence-electron chi connectivity index (χ1n) is 6.62. The minimum Gasteiger partial charge on any atom is -0.480 e. The van der Waals surface area contributed by atoms with Gasteiger partial charge in [-0.2, -0.15) is 0 Å². The Morgan fingerprint density at radius 2 is 1.80 bits per heavy atom. The van der Waals surface area contributed by atoms with Crippen LogP contribution in [0.25, 0.3) is 0 Å². The fourth-order valence-electron chi connectivity index (χ4n) is 1.76. The molecule has 0 aliphatic carbocycles. The lowest BCUT2D eigenvalue weighted by Crippen LogP contribution is -2.53. The average molecular weight is 278 g/mol. The van der Waals surface area contributed by atoms with Gasteiger partial charge in [-0.3, -0.25) is 0 Å². The highest BCUT2D eigenvalue weighted by Crippen LogP contribution is 2.13. The van der Waals surface area contributed by atoms with Crippen LogP contribution in [0.4, 0.5) is 4.79 Å². The molecule has 0 bridgehead atoms. The highest BCUT2D eigenvalue weighted by Gasteiger charge is 2.35. The van der Waals surface area contributed by atoms with Gasteiger partial charge in [-0.25, -0.2) is 9.59 Å². The van der Waals surface area contributed by atoms with Crippen molar-refractivity contribution < 1.29 is 14.7 Å². The quantitative estimate of drug-likeness (QED) is 0.868. The van der Waals surface area contributed by atoms with Crippen molar-refractivity contribution in [3.63, 3.8) is 0 Å². The molecule has 2 amide bonds. The number of nitrogens with one attached hydrogen (secondary N) is 1. The van der Waals surface area contributed by atoms with Crippen molar-refractivity contribution in [2.24, 2.45) is 0 Å². The molecular weight excluding hydrogens is 256 g/mol. The van der Waals surface area contributed by atoms with Crippen LogP contribution in [0.15, 0.2) is 24.3 Å². The molecule has 0 spiro atoms. The summed E-state index contributed by atoms with van der Waals surface area (Å²) in [6, 6.07) is 7.46. The summed E-state index contributed by atoms with van der Waals surface area (Å²) in [7, 11) is 1.48. The van der Waals surface area contributed by atoms with Gasteiger partial charge in [0.2, 0.25) is 0 Å². The largest absolute Gasteiger partial charge is 0.480 e. The number of urea groups is 1. The molecule has 0 saturated carbocycles. The Kier molecular flexibility index (Phi) is 5.13. The predicted molar refractivity (Wildman–Crippen MR) is 77.5 cm³/mol. The number of aliphatic carboxylic acids is 1. The summed E-state index contributed by atoms with van der Waals surface area (Å²) >= 11 is 0. The lowest BCUT2D eigenvalue weighted by atomic mass is 10.0. The van der Waals surface area contributed by atoms with E-state index < -0.39 is 17.5 Å². The van der Waals surface area contributed by atoms with Crippen molar-refractivity contribution in [1.82, 2.24) is 10.2 Å². The highest BCUT2D eigenvalue weighted by molar-refractivity contribution is 5.85. The third kappa shape index (κ3) is 3.50. The molecule has 5 nitrogen and oxygen atoms in total. The maximum atomic E-state index is 12.0. The SMILES string of the molecule is CCc1ccccc1CNC(=O)N(C)C(C)(C)C(=O)O. The molecule has 0 aliphatic heterocycles. The van der Waals surface area contributed by atoms with E-state index >= 15 is 0 Å². The summed E-state index contributed by atoms with van der Waals surface area (Å²) in [5.41, 5.74) is 0.979. The molecule has 0 heterocycles. The average Bonchev–Trinajstić information content (AvgIpc) is 2.43. The molecule has 5 heteroatoms. The van der Waals surface area contributed by atoms with E-state index in [0.717, 1.165) is 12.0 Å². The summed E-state index contributed by atoms with van der Waals surface area (Å²) in [6.45, 7) is 5.44. The molecule has 1 aromatic carbocycles. The Morgan fingerprint density at radius 3 is 2.30 bits per heavy atom. The highest BCUT2D eigenvalue weighted by atomic mass is 16.4. The van der Waals surface area contributed by atoms with Crippen LogP contribution in [-0.4, -0.2) is 34.6 Å². The van der Waals surface area contributed by atoms with Gasteiger partial charge in [0.1, 0.15) is 5.54 Å². The molecule has 2 N–H and O–H groups in total. The van der Waals surface area contributed by atoms with Gasteiger partial charge in [0.25, 0.3) is 0 Å². The lowest BCUT2D eigenvalue weighted by Gasteiger charge is -2.31. The number of amides is 2. The van der Waals surface area contributed by atoms with Crippen molar-refractivity contribution in [1.29, 1.82) is 0 Å². The molecule has 20 heavy (non-hydrogen) atoms. The summed E-state index contributed by atoms with van der Waals surface area (Å²) in [4.78, 5) is 24.3. The van der Waals surface area contributed by atoms with Gasteiger partial charge in [0.05, 0.1) is 0 Å². The fourth-order valence-corrected chi connectivity index (χ4v) is 1.76. The van der Waals surface area contributed by atoms with Gasteiger partial charge >= 0.3 is 12.0 Å². The smallest absolute Gasteiger partial charge is 0.329 e. The number of carbonyl (C=O) groups excluding carboxylic acids is 1. The number of rotatable bonds is 5. The number of likely N-dealkylation sites (N-methyl/N-ethyl adjacent to an activating group) is 1. The van der Waals surface area contributed by atoms with E-state index in [2.05, 4.69) is 12.2 Å². The van der Waals surface area contributed by atoms with Crippen LogP contribution in [0, 0.1) is 0 Å². The molecule has 0 aromatic heterocycles.